The highest BCUT2D eigenvalue weighted by molar-refractivity contribution is 7.09. The summed E-state index contributed by atoms with van der Waals surface area (Å²) in [6, 6.07) is 14.2. The summed E-state index contributed by atoms with van der Waals surface area (Å²) in [6.07, 6.45) is 2.86. The van der Waals surface area contributed by atoms with Crippen LogP contribution in [-0.2, 0) is 17.7 Å². The largest absolute Gasteiger partial charge is 0.497 e. The molecule has 11 nitrogen and oxygen atoms in total. The van der Waals surface area contributed by atoms with E-state index in [2.05, 4.69) is 14.5 Å². The van der Waals surface area contributed by atoms with Crippen LogP contribution in [0.5, 0.6) is 23.0 Å². The number of anilines is 1. The number of amides is 1. The van der Waals surface area contributed by atoms with Crippen LogP contribution in [0.3, 0.4) is 0 Å². The van der Waals surface area contributed by atoms with Crippen LogP contribution in [0.1, 0.15) is 37.9 Å². The fourth-order valence-electron chi connectivity index (χ4n) is 5.65. The summed E-state index contributed by atoms with van der Waals surface area (Å²) >= 11 is 7.59. The first kappa shape index (κ1) is 35.9. The Morgan fingerprint density at radius 1 is 0.980 bits per heavy atom. The third kappa shape index (κ3) is 8.34. The van der Waals surface area contributed by atoms with Crippen LogP contribution in [0.2, 0.25) is 5.02 Å². The van der Waals surface area contributed by atoms with Gasteiger partial charge in [0.05, 0.1) is 26.0 Å². The predicted molar refractivity (Wildman–Crippen MR) is 190 cm³/mol. The lowest BCUT2D eigenvalue weighted by Crippen LogP contribution is -2.52. The number of rotatable bonds is 12. The molecule has 2 aromatic heterocycles. The van der Waals surface area contributed by atoms with E-state index < -0.39 is 23.3 Å². The molecule has 5 aromatic rings. The van der Waals surface area contributed by atoms with E-state index >= 15 is 8.78 Å². The normalized spacial score (nSPS) is 13.1. The summed E-state index contributed by atoms with van der Waals surface area (Å²) in [6.45, 7) is 6.94. The molecular weight excluding hydrogens is 702 g/mol. The van der Waals surface area contributed by atoms with Crippen LogP contribution in [0.15, 0.2) is 67.1 Å². The van der Waals surface area contributed by atoms with E-state index in [0.29, 0.717) is 59.1 Å². The maximum absolute atomic E-state index is 15.6. The predicted octanol–water partition coefficient (Wildman–Crippen LogP) is 8.18. The van der Waals surface area contributed by atoms with Gasteiger partial charge in [-0.3, -0.25) is 4.68 Å². The van der Waals surface area contributed by atoms with Gasteiger partial charge in [0.25, 0.3) is 0 Å². The highest BCUT2D eigenvalue weighted by Gasteiger charge is 2.36. The molecule has 0 radical (unpaired) electrons. The van der Waals surface area contributed by atoms with Crippen molar-refractivity contribution in [1.82, 2.24) is 24.0 Å². The van der Waals surface area contributed by atoms with E-state index in [-0.39, 0.29) is 29.5 Å². The van der Waals surface area contributed by atoms with E-state index in [9.17, 15) is 4.79 Å². The molecule has 0 bridgehead atoms. The Kier molecular flexibility index (Phi) is 10.6. The van der Waals surface area contributed by atoms with Crippen molar-refractivity contribution in [3.05, 3.63) is 94.9 Å². The van der Waals surface area contributed by atoms with Gasteiger partial charge in [-0.15, -0.1) is 0 Å². The van der Waals surface area contributed by atoms with Crippen molar-refractivity contribution >= 4 is 34.4 Å². The van der Waals surface area contributed by atoms with Gasteiger partial charge in [-0.25, -0.2) is 18.6 Å². The second kappa shape index (κ2) is 15.1. The Hall–Kier alpha value is -4.95. The van der Waals surface area contributed by atoms with Gasteiger partial charge in [0.1, 0.15) is 35.0 Å². The molecule has 3 aromatic carbocycles. The molecule has 0 aliphatic carbocycles. The minimum absolute atomic E-state index is 0.131. The van der Waals surface area contributed by atoms with E-state index in [4.69, 9.17) is 30.5 Å². The molecule has 0 atom stereocenters. The Bertz CT molecular complexity index is 2000. The molecule has 0 saturated carbocycles. The van der Waals surface area contributed by atoms with Crippen LogP contribution >= 0.6 is 23.1 Å². The van der Waals surface area contributed by atoms with Crippen molar-refractivity contribution in [2.45, 2.75) is 45.4 Å². The SMILES string of the molecule is COc1ccc(CN(CCc2cc(F)c(Oc3ccc(Cl)cc3-c3ccnn3C3CN(C(=O)OC(C)(C)C)C3)cc2F)c2ncns2)c(OC)c1. The summed E-state index contributed by atoms with van der Waals surface area (Å²) < 4.78 is 59.5. The van der Waals surface area contributed by atoms with Crippen LogP contribution < -0.4 is 19.1 Å². The molecule has 6 rings (SSSR count). The zero-order chi connectivity index (χ0) is 36.3. The second-order valence-corrected chi connectivity index (χ2v) is 14.1. The van der Waals surface area contributed by atoms with Gasteiger partial charge in [-0.1, -0.05) is 11.6 Å². The fraction of sp³-hybridized carbons (Fsp3) is 0.333. The number of halogens is 3. The summed E-state index contributed by atoms with van der Waals surface area (Å²) in [7, 11) is 3.15. The Morgan fingerprint density at radius 2 is 1.78 bits per heavy atom. The number of carbonyl (C=O) groups is 1. The molecule has 1 saturated heterocycles. The maximum atomic E-state index is 15.6. The third-order valence-corrected chi connectivity index (χ3v) is 9.16. The molecule has 0 unspecified atom stereocenters. The summed E-state index contributed by atoms with van der Waals surface area (Å²) in [5.74, 6) is -0.0992. The smallest absolute Gasteiger partial charge is 0.410 e. The van der Waals surface area contributed by atoms with Crippen molar-refractivity contribution < 1.29 is 32.5 Å². The molecular formula is C36H37ClF2N6O5S. The summed E-state index contributed by atoms with van der Waals surface area (Å²) in [4.78, 5) is 20.4. The van der Waals surface area contributed by atoms with Gasteiger partial charge in [0.15, 0.2) is 11.6 Å². The Balaban J connectivity index is 1.18. The third-order valence-electron chi connectivity index (χ3n) is 8.20. The number of benzene rings is 3. The number of ether oxygens (including phenoxy) is 4. The minimum atomic E-state index is -0.730. The van der Waals surface area contributed by atoms with Crippen LogP contribution in [0, 0.1) is 11.6 Å². The molecule has 15 heteroatoms. The zero-order valence-electron chi connectivity index (χ0n) is 28.7. The summed E-state index contributed by atoms with van der Waals surface area (Å²) in [5, 5.41) is 5.53. The second-order valence-electron chi connectivity index (χ2n) is 12.9. The lowest BCUT2D eigenvalue weighted by molar-refractivity contribution is -0.000188. The van der Waals surface area contributed by atoms with Gasteiger partial charge in [0, 0.05) is 72.2 Å². The molecule has 1 aliphatic rings. The number of aromatic nitrogens is 4. The maximum Gasteiger partial charge on any atom is 0.410 e. The molecule has 1 aliphatic heterocycles. The van der Waals surface area contributed by atoms with Crippen molar-refractivity contribution in [1.29, 1.82) is 0 Å². The molecule has 51 heavy (non-hydrogen) atoms. The van der Waals surface area contributed by atoms with E-state index in [0.717, 1.165) is 17.7 Å². The average Bonchev–Trinajstić information content (AvgIpc) is 3.78. The first-order valence-electron chi connectivity index (χ1n) is 16.1. The monoisotopic (exact) mass is 738 g/mol. The van der Waals surface area contributed by atoms with Crippen LogP contribution in [-0.4, -0.2) is 69.6 Å². The standard InChI is InChI=1S/C36H37ClF2N6O5S/c1-36(2,3)50-35(46)44-19-25(20-44)45-30(10-12-41-45)27-15-24(37)7-9-31(27)49-33-17-28(38)22(14-29(33)39)11-13-43(34-40-21-42-51-34)18-23-6-8-26(47-4)16-32(23)48-5/h6-10,12,14-17,21,25H,11,13,18-20H2,1-5H3. The molecule has 1 fully saturated rings. The van der Waals surface area contributed by atoms with Gasteiger partial charge < -0.3 is 28.7 Å². The lowest BCUT2D eigenvalue weighted by atomic mass is 10.1. The van der Waals surface area contributed by atoms with Gasteiger partial charge in [-0.2, -0.15) is 9.47 Å². The Labute approximate surface area is 303 Å². The van der Waals surface area contributed by atoms with Gasteiger partial charge in [-0.05, 0) is 75.2 Å². The van der Waals surface area contributed by atoms with E-state index in [1.54, 1.807) is 60.3 Å². The number of methoxy groups -OCH3 is 2. The minimum Gasteiger partial charge on any atom is -0.497 e. The molecule has 0 spiro atoms. The van der Waals surface area contributed by atoms with Gasteiger partial charge in [0.2, 0.25) is 5.13 Å². The number of likely N-dealkylation sites (tertiary alicyclic amines) is 1. The highest BCUT2D eigenvalue weighted by atomic mass is 35.5. The molecule has 1 amide bonds. The van der Waals surface area contributed by atoms with Crippen LogP contribution in [0.4, 0.5) is 18.7 Å². The highest BCUT2D eigenvalue weighted by Crippen LogP contribution is 2.39. The van der Waals surface area contributed by atoms with E-state index in [1.165, 1.54) is 17.9 Å². The number of nitrogens with zero attached hydrogens (tertiary/aromatic N) is 6. The molecule has 268 valence electrons. The Morgan fingerprint density at radius 3 is 2.49 bits per heavy atom. The topological polar surface area (TPSA) is 104 Å². The number of carbonyl (C=O) groups excluding carboxylic acids is 1. The quantitative estimate of drug-likeness (QED) is 0.125. The average molecular weight is 739 g/mol. The first-order valence-corrected chi connectivity index (χ1v) is 17.3. The fourth-order valence-corrected chi connectivity index (χ4v) is 6.37. The summed E-state index contributed by atoms with van der Waals surface area (Å²) in [5.41, 5.74) is 1.60. The van der Waals surface area contributed by atoms with Crippen molar-refractivity contribution in [2.75, 3.05) is 38.8 Å². The van der Waals surface area contributed by atoms with Crippen molar-refractivity contribution in [2.24, 2.45) is 0 Å². The van der Waals surface area contributed by atoms with Crippen molar-refractivity contribution in [3.8, 4) is 34.3 Å². The van der Waals surface area contributed by atoms with Crippen LogP contribution in [0.25, 0.3) is 11.3 Å². The lowest BCUT2D eigenvalue weighted by Gasteiger charge is -2.40. The van der Waals surface area contributed by atoms with Crippen molar-refractivity contribution in [3.63, 3.8) is 0 Å². The number of hydrogen-bond acceptors (Lipinski definition) is 10. The van der Waals surface area contributed by atoms with E-state index in [1.807, 2.05) is 37.8 Å². The molecule has 0 N–H and O–H groups in total. The number of hydrogen-bond donors (Lipinski definition) is 0. The van der Waals surface area contributed by atoms with Gasteiger partial charge >= 0.3 is 6.09 Å². The molecule has 3 heterocycles. The first-order chi connectivity index (χ1) is 24.4. The zero-order valence-corrected chi connectivity index (χ0v) is 30.3.